The van der Waals surface area contributed by atoms with Gasteiger partial charge < -0.3 is 10.1 Å². The molecule has 116 valence electrons. The van der Waals surface area contributed by atoms with Crippen LogP contribution in [-0.2, 0) is 27.7 Å². The summed E-state index contributed by atoms with van der Waals surface area (Å²) in [6, 6.07) is 0. The first kappa shape index (κ1) is 17.1. The van der Waals surface area contributed by atoms with E-state index in [2.05, 4.69) is 10.4 Å². The maximum absolute atomic E-state index is 11.8. The lowest BCUT2D eigenvalue weighted by atomic mass is 10.2. The molecule has 1 N–H and O–H groups in total. The van der Waals surface area contributed by atoms with Gasteiger partial charge in [-0.25, -0.2) is 8.42 Å². The summed E-state index contributed by atoms with van der Waals surface area (Å²) >= 11 is 0. The second kappa shape index (κ2) is 7.75. The van der Waals surface area contributed by atoms with E-state index in [1.165, 1.54) is 0 Å². The van der Waals surface area contributed by atoms with Gasteiger partial charge in [0.25, 0.3) is 0 Å². The van der Waals surface area contributed by atoms with E-state index in [1.807, 2.05) is 13.1 Å². The van der Waals surface area contributed by atoms with Gasteiger partial charge in [0.1, 0.15) is 0 Å². The Kier molecular flexibility index (Phi) is 6.64. The van der Waals surface area contributed by atoms with Gasteiger partial charge in [-0.05, 0) is 20.8 Å². The predicted molar refractivity (Wildman–Crippen MR) is 79.5 cm³/mol. The first-order valence-corrected chi connectivity index (χ1v) is 8.52. The largest absolute Gasteiger partial charge is 0.383 e. The Balaban J connectivity index is 2.53. The lowest BCUT2D eigenvalue weighted by Crippen LogP contribution is -2.21. The van der Waals surface area contributed by atoms with E-state index in [9.17, 15) is 8.42 Å². The summed E-state index contributed by atoms with van der Waals surface area (Å²) < 4.78 is 30.2. The van der Waals surface area contributed by atoms with Crippen LogP contribution in [0.3, 0.4) is 0 Å². The lowest BCUT2D eigenvalue weighted by molar-refractivity contribution is 0.199. The SMILES string of the molecule is COCCNCc1cn(CCS(=O)(=O)C(C)C)nc1C. The van der Waals surface area contributed by atoms with E-state index in [1.54, 1.807) is 25.6 Å². The number of methoxy groups -OCH3 is 1. The average Bonchev–Trinajstić information content (AvgIpc) is 2.73. The number of hydrogen-bond donors (Lipinski definition) is 1. The third-order valence-electron chi connectivity index (χ3n) is 3.17. The Morgan fingerprint density at radius 2 is 2.15 bits per heavy atom. The smallest absolute Gasteiger partial charge is 0.154 e. The van der Waals surface area contributed by atoms with E-state index in [0.29, 0.717) is 19.7 Å². The van der Waals surface area contributed by atoms with Crippen LogP contribution < -0.4 is 5.32 Å². The van der Waals surface area contributed by atoms with E-state index < -0.39 is 9.84 Å². The normalized spacial score (nSPS) is 12.2. The highest BCUT2D eigenvalue weighted by atomic mass is 32.2. The molecule has 1 aromatic heterocycles. The fourth-order valence-corrected chi connectivity index (χ4v) is 2.61. The molecule has 0 bridgehead atoms. The van der Waals surface area contributed by atoms with Crippen LogP contribution in [0.15, 0.2) is 6.20 Å². The monoisotopic (exact) mass is 303 g/mol. The molecule has 0 unspecified atom stereocenters. The van der Waals surface area contributed by atoms with Crippen LogP contribution in [0.4, 0.5) is 0 Å². The topological polar surface area (TPSA) is 73.2 Å². The zero-order chi connectivity index (χ0) is 15.2. The summed E-state index contributed by atoms with van der Waals surface area (Å²) in [7, 11) is -1.35. The van der Waals surface area contributed by atoms with Gasteiger partial charge >= 0.3 is 0 Å². The van der Waals surface area contributed by atoms with Crippen molar-refractivity contribution in [3.8, 4) is 0 Å². The molecule has 0 fully saturated rings. The highest BCUT2D eigenvalue weighted by Gasteiger charge is 2.16. The molecule has 0 saturated carbocycles. The molecular weight excluding hydrogens is 278 g/mol. The van der Waals surface area contributed by atoms with Gasteiger partial charge in [-0.1, -0.05) is 0 Å². The lowest BCUT2D eigenvalue weighted by Gasteiger charge is -2.07. The van der Waals surface area contributed by atoms with Crippen molar-refractivity contribution in [3.05, 3.63) is 17.5 Å². The quantitative estimate of drug-likeness (QED) is 0.682. The molecule has 20 heavy (non-hydrogen) atoms. The Morgan fingerprint density at radius 1 is 1.45 bits per heavy atom. The Labute approximate surface area is 121 Å². The summed E-state index contributed by atoms with van der Waals surface area (Å²) in [6.45, 7) is 7.90. The van der Waals surface area contributed by atoms with Gasteiger partial charge in [-0.2, -0.15) is 5.10 Å². The first-order valence-electron chi connectivity index (χ1n) is 6.81. The van der Waals surface area contributed by atoms with E-state index in [0.717, 1.165) is 17.8 Å². The van der Waals surface area contributed by atoms with E-state index in [4.69, 9.17) is 4.74 Å². The number of ether oxygens (including phenoxy) is 1. The molecule has 0 radical (unpaired) electrons. The van der Waals surface area contributed by atoms with Crippen LogP contribution in [0, 0.1) is 6.92 Å². The van der Waals surface area contributed by atoms with Crippen molar-refractivity contribution < 1.29 is 13.2 Å². The number of hydrogen-bond acceptors (Lipinski definition) is 5. The van der Waals surface area contributed by atoms with Crippen LogP contribution in [-0.4, -0.2) is 49.5 Å². The standard InChI is InChI=1S/C13H25N3O3S/c1-11(2)20(17,18)8-6-16-10-13(12(3)15-16)9-14-5-7-19-4/h10-11,14H,5-9H2,1-4H3. The highest BCUT2D eigenvalue weighted by molar-refractivity contribution is 7.91. The third kappa shape index (κ3) is 5.22. The van der Waals surface area contributed by atoms with Gasteiger partial charge in [-0.3, -0.25) is 4.68 Å². The molecule has 1 heterocycles. The van der Waals surface area contributed by atoms with Crippen molar-refractivity contribution >= 4 is 9.84 Å². The van der Waals surface area contributed by atoms with E-state index in [-0.39, 0.29) is 11.0 Å². The average molecular weight is 303 g/mol. The van der Waals surface area contributed by atoms with Crippen LogP contribution >= 0.6 is 0 Å². The number of sulfone groups is 1. The van der Waals surface area contributed by atoms with Gasteiger partial charge in [-0.15, -0.1) is 0 Å². The van der Waals surface area contributed by atoms with Crippen molar-refractivity contribution in [3.63, 3.8) is 0 Å². The highest BCUT2D eigenvalue weighted by Crippen LogP contribution is 2.07. The van der Waals surface area contributed by atoms with Crippen LogP contribution in [0.2, 0.25) is 0 Å². The van der Waals surface area contributed by atoms with Crippen molar-refractivity contribution in [2.24, 2.45) is 0 Å². The minimum Gasteiger partial charge on any atom is -0.383 e. The molecular formula is C13H25N3O3S. The summed E-state index contributed by atoms with van der Waals surface area (Å²) in [5.74, 6) is 0.127. The van der Waals surface area contributed by atoms with E-state index >= 15 is 0 Å². The van der Waals surface area contributed by atoms with Gasteiger partial charge in [0.05, 0.1) is 29.8 Å². The molecule has 0 atom stereocenters. The Bertz CT molecular complexity index is 509. The molecule has 0 aliphatic rings. The summed E-state index contributed by atoms with van der Waals surface area (Å²) in [5, 5.41) is 7.27. The summed E-state index contributed by atoms with van der Waals surface area (Å²) in [4.78, 5) is 0. The predicted octanol–water partition coefficient (Wildman–Crippen LogP) is 0.751. The molecule has 0 saturated heterocycles. The first-order chi connectivity index (χ1) is 9.36. The van der Waals surface area contributed by atoms with Crippen LogP contribution in [0.25, 0.3) is 0 Å². The second-order valence-corrected chi connectivity index (χ2v) is 7.76. The molecule has 0 spiro atoms. The minimum absolute atomic E-state index is 0.127. The maximum Gasteiger partial charge on any atom is 0.154 e. The van der Waals surface area contributed by atoms with Crippen molar-refractivity contribution in [1.82, 2.24) is 15.1 Å². The van der Waals surface area contributed by atoms with Crippen molar-refractivity contribution in [1.29, 1.82) is 0 Å². The molecule has 0 aliphatic heterocycles. The summed E-state index contributed by atoms with van der Waals surface area (Å²) in [6.07, 6.45) is 1.91. The Morgan fingerprint density at radius 3 is 2.75 bits per heavy atom. The number of aromatic nitrogens is 2. The molecule has 6 nitrogen and oxygen atoms in total. The molecule has 0 aromatic carbocycles. The zero-order valence-electron chi connectivity index (χ0n) is 12.7. The molecule has 0 amide bonds. The van der Waals surface area contributed by atoms with Crippen LogP contribution in [0.1, 0.15) is 25.1 Å². The maximum atomic E-state index is 11.8. The fourth-order valence-electron chi connectivity index (χ4n) is 1.70. The van der Waals surface area contributed by atoms with Gasteiger partial charge in [0, 0.05) is 32.0 Å². The molecule has 7 heteroatoms. The fraction of sp³-hybridized carbons (Fsp3) is 0.769. The van der Waals surface area contributed by atoms with Gasteiger partial charge in [0.2, 0.25) is 0 Å². The van der Waals surface area contributed by atoms with Gasteiger partial charge in [0.15, 0.2) is 9.84 Å². The number of rotatable bonds is 9. The number of aryl methyl sites for hydroxylation is 2. The number of nitrogens with zero attached hydrogens (tertiary/aromatic N) is 2. The zero-order valence-corrected chi connectivity index (χ0v) is 13.5. The molecule has 1 aromatic rings. The third-order valence-corrected chi connectivity index (χ3v) is 5.36. The summed E-state index contributed by atoms with van der Waals surface area (Å²) in [5.41, 5.74) is 2.01. The Hall–Kier alpha value is -0.920. The minimum atomic E-state index is -3.02. The van der Waals surface area contributed by atoms with Crippen molar-refractivity contribution in [2.75, 3.05) is 26.0 Å². The molecule has 0 aliphatic carbocycles. The van der Waals surface area contributed by atoms with Crippen molar-refractivity contribution in [2.45, 2.75) is 39.1 Å². The number of nitrogens with one attached hydrogen (secondary N) is 1. The second-order valence-electron chi connectivity index (χ2n) is 5.09. The van der Waals surface area contributed by atoms with Crippen LogP contribution in [0.5, 0.6) is 0 Å². The molecule has 1 rings (SSSR count).